The summed E-state index contributed by atoms with van der Waals surface area (Å²) in [6.07, 6.45) is 3.52. The van der Waals surface area contributed by atoms with Crippen molar-refractivity contribution in [2.75, 3.05) is 7.11 Å². The van der Waals surface area contributed by atoms with Crippen LogP contribution in [0.15, 0.2) is 22.6 Å². The molecule has 1 aromatic rings. The lowest BCUT2D eigenvalue weighted by atomic mass is 10.2. The number of carbonyl (C=O) groups excluding carboxylic acids is 2. The molecule has 0 amide bonds. The summed E-state index contributed by atoms with van der Waals surface area (Å²) < 4.78 is 14.9. The summed E-state index contributed by atoms with van der Waals surface area (Å²) in [4.78, 5) is 22.7. The largest absolute Gasteiger partial charge is 0.466 e. The first-order valence-corrected chi connectivity index (χ1v) is 6.21. The lowest BCUT2D eigenvalue weighted by molar-refractivity contribution is -0.134. The van der Waals surface area contributed by atoms with Gasteiger partial charge in [-0.2, -0.15) is 0 Å². The molecule has 0 aliphatic carbocycles. The van der Waals surface area contributed by atoms with Crippen molar-refractivity contribution >= 4 is 17.8 Å². The third-order valence-corrected chi connectivity index (χ3v) is 2.75. The number of ether oxygens (including phenoxy) is 2. The Morgan fingerprint density at radius 1 is 1.45 bits per heavy atom. The van der Waals surface area contributed by atoms with Crippen molar-refractivity contribution in [2.45, 2.75) is 25.6 Å². The number of hydrogen-bond acceptors (Lipinski definition) is 5. The van der Waals surface area contributed by atoms with Gasteiger partial charge in [0.25, 0.3) is 5.78 Å². The highest BCUT2D eigenvalue weighted by Crippen LogP contribution is 2.23. The Morgan fingerprint density at radius 3 is 2.90 bits per heavy atom. The Morgan fingerprint density at radius 2 is 2.25 bits per heavy atom. The van der Waals surface area contributed by atoms with Gasteiger partial charge in [-0.1, -0.05) is 12.8 Å². The molecule has 1 aliphatic heterocycles. The van der Waals surface area contributed by atoms with Crippen LogP contribution in [0, 0.1) is 11.8 Å². The summed E-state index contributed by atoms with van der Waals surface area (Å²) in [5, 5.41) is 0. The van der Waals surface area contributed by atoms with Gasteiger partial charge in [0.15, 0.2) is 5.76 Å². The van der Waals surface area contributed by atoms with Crippen molar-refractivity contribution in [3.05, 3.63) is 29.7 Å². The van der Waals surface area contributed by atoms with Crippen molar-refractivity contribution in [3.8, 4) is 11.8 Å². The van der Waals surface area contributed by atoms with Crippen molar-refractivity contribution in [1.29, 1.82) is 0 Å². The zero-order valence-corrected chi connectivity index (χ0v) is 11.2. The number of carbonyl (C=O) groups is 2. The van der Waals surface area contributed by atoms with Crippen LogP contribution in [0.5, 0.6) is 0 Å². The van der Waals surface area contributed by atoms with Crippen LogP contribution in [0.3, 0.4) is 0 Å². The topological polar surface area (TPSA) is 69.0 Å². The molecule has 0 saturated carbocycles. The maximum absolute atomic E-state index is 11.7. The van der Waals surface area contributed by atoms with Crippen LogP contribution in [0.4, 0.5) is 0 Å². The standard InChI is InChI=1S/C15H14O5/c1-3-12-14(20-12)8-6-11(16)13-7-4-10(19-13)5-9-15(17)18-2/h4-5,7,9,12,14H,3H2,1-2H3/b9-5-. The fraction of sp³-hybridized carbons (Fsp3) is 0.333. The molecule has 0 spiro atoms. The predicted molar refractivity (Wildman–Crippen MR) is 70.8 cm³/mol. The smallest absolute Gasteiger partial charge is 0.330 e. The van der Waals surface area contributed by atoms with E-state index in [1.165, 1.54) is 25.3 Å². The van der Waals surface area contributed by atoms with Crippen LogP contribution < -0.4 is 0 Å². The van der Waals surface area contributed by atoms with E-state index in [4.69, 9.17) is 9.15 Å². The van der Waals surface area contributed by atoms with Crippen molar-refractivity contribution in [1.82, 2.24) is 0 Å². The van der Waals surface area contributed by atoms with E-state index < -0.39 is 11.8 Å². The number of ketones is 1. The van der Waals surface area contributed by atoms with Crippen molar-refractivity contribution in [3.63, 3.8) is 0 Å². The van der Waals surface area contributed by atoms with Gasteiger partial charge in [-0.15, -0.1) is 0 Å². The van der Waals surface area contributed by atoms with Gasteiger partial charge >= 0.3 is 5.97 Å². The lowest BCUT2D eigenvalue weighted by Crippen LogP contribution is -1.94. The number of methoxy groups -OCH3 is 1. The van der Waals surface area contributed by atoms with Gasteiger partial charge in [-0.05, 0) is 30.6 Å². The Hall–Kier alpha value is -2.32. The van der Waals surface area contributed by atoms with Gasteiger partial charge in [0.2, 0.25) is 0 Å². The molecule has 0 bridgehead atoms. The van der Waals surface area contributed by atoms with Gasteiger partial charge in [-0.25, -0.2) is 4.79 Å². The van der Waals surface area contributed by atoms with Crippen LogP contribution >= 0.6 is 0 Å². The summed E-state index contributed by atoms with van der Waals surface area (Å²) in [5.74, 6) is 4.86. The molecule has 104 valence electrons. The van der Waals surface area contributed by atoms with E-state index in [0.29, 0.717) is 5.76 Å². The van der Waals surface area contributed by atoms with E-state index in [-0.39, 0.29) is 18.0 Å². The molecule has 0 aromatic carbocycles. The second kappa shape index (κ2) is 6.22. The Balaban J connectivity index is 1.96. The Bertz CT molecular complexity index is 599. The van der Waals surface area contributed by atoms with Gasteiger partial charge in [-0.3, -0.25) is 4.79 Å². The Labute approximate surface area is 116 Å². The fourth-order valence-corrected chi connectivity index (χ4v) is 1.56. The molecule has 1 aromatic heterocycles. The van der Waals surface area contributed by atoms with Crippen molar-refractivity contribution < 1.29 is 23.5 Å². The monoisotopic (exact) mass is 274 g/mol. The SMILES string of the molecule is CCC1OC1C#CC(=O)c1ccc(/C=C\C(=O)OC)o1. The minimum absolute atomic E-state index is 0.135. The average Bonchev–Trinajstić information content (AvgIpc) is 3.07. The third kappa shape index (κ3) is 3.59. The second-order valence-corrected chi connectivity index (χ2v) is 4.16. The number of Topliss-reactive ketones (excluding diaryl/α,β-unsaturated/α-hetero) is 1. The minimum atomic E-state index is -0.495. The molecule has 0 N–H and O–H groups in total. The average molecular weight is 274 g/mol. The van der Waals surface area contributed by atoms with Crippen LogP contribution in [-0.4, -0.2) is 31.1 Å². The van der Waals surface area contributed by atoms with E-state index in [0.717, 1.165) is 6.42 Å². The first-order valence-electron chi connectivity index (χ1n) is 6.21. The van der Waals surface area contributed by atoms with Gasteiger partial charge < -0.3 is 13.9 Å². The third-order valence-electron chi connectivity index (χ3n) is 2.75. The maximum atomic E-state index is 11.7. The number of esters is 1. The predicted octanol–water partition coefficient (Wildman–Crippen LogP) is 1.83. The van der Waals surface area contributed by atoms with Crippen LogP contribution in [0.2, 0.25) is 0 Å². The number of furan rings is 1. The highest BCUT2D eigenvalue weighted by Gasteiger charge is 2.35. The molecule has 2 heterocycles. The molecule has 20 heavy (non-hydrogen) atoms. The van der Waals surface area contributed by atoms with E-state index in [1.807, 2.05) is 6.92 Å². The summed E-state index contributed by atoms with van der Waals surface area (Å²) in [6.45, 7) is 2.00. The first kappa shape index (κ1) is 14.1. The minimum Gasteiger partial charge on any atom is -0.466 e. The molecule has 1 fully saturated rings. The quantitative estimate of drug-likeness (QED) is 0.209. The van der Waals surface area contributed by atoms with Gasteiger partial charge in [0.05, 0.1) is 13.2 Å². The molecule has 2 atom stereocenters. The molecule has 2 unspecified atom stereocenters. The zero-order chi connectivity index (χ0) is 14.5. The summed E-state index contributed by atoms with van der Waals surface area (Å²) in [7, 11) is 1.28. The number of hydrogen-bond donors (Lipinski definition) is 0. The summed E-state index contributed by atoms with van der Waals surface area (Å²) in [5.41, 5.74) is 0. The van der Waals surface area contributed by atoms with E-state index in [9.17, 15) is 9.59 Å². The highest BCUT2D eigenvalue weighted by atomic mass is 16.6. The number of epoxide rings is 1. The van der Waals surface area contributed by atoms with Crippen molar-refractivity contribution in [2.24, 2.45) is 0 Å². The van der Waals surface area contributed by atoms with Crippen LogP contribution in [0.1, 0.15) is 29.7 Å². The highest BCUT2D eigenvalue weighted by molar-refractivity contribution is 6.07. The zero-order valence-electron chi connectivity index (χ0n) is 11.2. The summed E-state index contributed by atoms with van der Waals surface area (Å²) >= 11 is 0. The second-order valence-electron chi connectivity index (χ2n) is 4.16. The van der Waals surface area contributed by atoms with Crippen LogP contribution in [0.25, 0.3) is 6.08 Å². The Kier molecular flexibility index (Phi) is 4.38. The summed E-state index contributed by atoms with van der Waals surface area (Å²) in [6, 6.07) is 3.09. The van der Waals surface area contributed by atoms with E-state index in [2.05, 4.69) is 16.6 Å². The van der Waals surface area contributed by atoms with E-state index in [1.54, 1.807) is 6.07 Å². The fourth-order valence-electron chi connectivity index (χ4n) is 1.56. The van der Waals surface area contributed by atoms with Crippen LogP contribution in [-0.2, 0) is 14.3 Å². The molecule has 5 heteroatoms. The molecule has 5 nitrogen and oxygen atoms in total. The molecule has 1 saturated heterocycles. The van der Waals surface area contributed by atoms with E-state index >= 15 is 0 Å². The van der Waals surface area contributed by atoms with Gasteiger partial charge in [0.1, 0.15) is 11.9 Å². The number of rotatable bonds is 4. The molecular weight excluding hydrogens is 260 g/mol. The lowest BCUT2D eigenvalue weighted by Gasteiger charge is -1.88. The maximum Gasteiger partial charge on any atom is 0.330 e. The van der Waals surface area contributed by atoms with Gasteiger partial charge in [0, 0.05) is 6.08 Å². The molecule has 2 rings (SSSR count). The molecule has 1 aliphatic rings. The molecule has 0 radical (unpaired) electrons. The normalized spacial score (nSPS) is 20.3. The molecular formula is C15H14O5. The first-order chi connectivity index (χ1) is 9.63.